The Morgan fingerprint density at radius 2 is 2.05 bits per heavy atom. The van der Waals surface area contributed by atoms with Crippen LogP contribution in [0.25, 0.3) is 0 Å². The number of nitrogens with one attached hydrogen (secondary N) is 1. The first kappa shape index (κ1) is 14.8. The van der Waals surface area contributed by atoms with E-state index < -0.39 is 17.6 Å². The molecule has 116 valence electrons. The molecule has 21 heavy (non-hydrogen) atoms. The fraction of sp³-hybridized carbons (Fsp3) is 0.600. The number of halogens is 4. The highest BCUT2D eigenvalue weighted by atomic mass is 19.4. The summed E-state index contributed by atoms with van der Waals surface area (Å²) in [6.07, 6.45) is -2.46. The van der Waals surface area contributed by atoms with Gasteiger partial charge in [0.1, 0.15) is 5.82 Å². The van der Waals surface area contributed by atoms with Gasteiger partial charge in [-0.25, -0.2) is 4.39 Å². The highest BCUT2D eigenvalue weighted by Crippen LogP contribution is 2.34. The lowest BCUT2D eigenvalue weighted by Crippen LogP contribution is -2.44. The molecule has 2 aliphatic heterocycles. The summed E-state index contributed by atoms with van der Waals surface area (Å²) in [5, 5.41) is 3.43. The average molecular weight is 302 g/mol. The molecule has 2 fully saturated rings. The molecule has 1 aromatic carbocycles. The maximum Gasteiger partial charge on any atom is 0.416 e. The number of hydrogen-bond donors (Lipinski definition) is 1. The highest BCUT2D eigenvalue weighted by molar-refractivity contribution is 5.30. The van der Waals surface area contributed by atoms with E-state index in [0.717, 1.165) is 38.5 Å². The molecule has 6 heteroatoms. The van der Waals surface area contributed by atoms with Crippen molar-refractivity contribution in [3.63, 3.8) is 0 Å². The quantitative estimate of drug-likeness (QED) is 0.845. The summed E-state index contributed by atoms with van der Waals surface area (Å²) in [5.41, 5.74) is -0.692. The third kappa shape index (κ3) is 3.21. The van der Waals surface area contributed by atoms with Crippen molar-refractivity contribution in [3.8, 4) is 0 Å². The molecule has 2 atom stereocenters. The number of rotatable bonds is 2. The van der Waals surface area contributed by atoms with Gasteiger partial charge in [0, 0.05) is 19.1 Å². The van der Waals surface area contributed by atoms with Crippen molar-refractivity contribution in [1.82, 2.24) is 10.2 Å². The van der Waals surface area contributed by atoms with Gasteiger partial charge in [-0.3, -0.25) is 4.90 Å². The van der Waals surface area contributed by atoms with Gasteiger partial charge in [0.2, 0.25) is 0 Å². The van der Waals surface area contributed by atoms with E-state index in [9.17, 15) is 17.6 Å². The molecule has 1 aromatic rings. The summed E-state index contributed by atoms with van der Waals surface area (Å²) in [7, 11) is 0. The molecular weight excluding hydrogens is 284 g/mol. The number of nitrogens with zero attached hydrogens (tertiary/aromatic N) is 1. The fourth-order valence-corrected chi connectivity index (χ4v) is 3.46. The van der Waals surface area contributed by atoms with Crippen LogP contribution in [0.3, 0.4) is 0 Å². The number of benzene rings is 1. The molecule has 2 aliphatic rings. The van der Waals surface area contributed by atoms with Crippen LogP contribution in [0.15, 0.2) is 18.2 Å². The van der Waals surface area contributed by atoms with E-state index in [2.05, 4.69) is 10.2 Å². The molecule has 3 rings (SSSR count). The van der Waals surface area contributed by atoms with Crippen molar-refractivity contribution < 1.29 is 17.6 Å². The first-order valence-corrected chi connectivity index (χ1v) is 7.25. The Hall–Kier alpha value is -1.14. The Morgan fingerprint density at radius 1 is 1.24 bits per heavy atom. The van der Waals surface area contributed by atoms with E-state index in [1.807, 2.05) is 0 Å². The molecule has 2 saturated heterocycles. The third-order valence-electron chi connectivity index (χ3n) is 4.51. The van der Waals surface area contributed by atoms with Crippen LogP contribution in [0, 0.1) is 11.7 Å². The summed E-state index contributed by atoms with van der Waals surface area (Å²) in [6.45, 7) is 2.82. The normalized spacial score (nSPS) is 26.9. The van der Waals surface area contributed by atoms with E-state index in [1.54, 1.807) is 0 Å². The zero-order chi connectivity index (χ0) is 15.0. The first-order valence-electron chi connectivity index (χ1n) is 7.25. The van der Waals surface area contributed by atoms with Crippen molar-refractivity contribution in [2.45, 2.75) is 31.6 Å². The molecule has 0 aliphatic carbocycles. The Labute approximate surface area is 121 Å². The van der Waals surface area contributed by atoms with Crippen LogP contribution in [-0.4, -0.2) is 30.6 Å². The van der Waals surface area contributed by atoms with Crippen LogP contribution in [0.5, 0.6) is 0 Å². The minimum Gasteiger partial charge on any atom is -0.314 e. The number of piperidine rings is 1. The Bertz CT molecular complexity index is 515. The van der Waals surface area contributed by atoms with Crippen LogP contribution < -0.4 is 5.32 Å². The Morgan fingerprint density at radius 3 is 2.81 bits per heavy atom. The summed E-state index contributed by atoms with van der Waals surface area (Å²) >= 11 is 0. The number of fused-ring (bicyclic) bond motifs is 1. The molecule has 0 amide bonds. The molecule has 2 nitrogen and oxygen atoms in total. The van der Waals surface area contributed by atoms with Crippen LogP contribution in [-0.2, 0) is 12.7 Å². The highest BCUT2D eigenvalue weighted by Gasteiger charge is 2.36. The van der Waals surface area contributed by atoms with Gasteiger partial charge in [-0.05, 0) is 49.5 Å². The van der Waals surface area contributed by atoms with E-state index in [1.165, 1.54) is 6.07 Å². The number of alkyl halides is 3. The van der Waals surface area contributed by atoms with Crippen molar-refractivity contribution in [1.29, 1.82) is 0 Å². The molecule has 0 bridgehead atoms. The smallest absolute Gasteiger partial charge is 0.314 e. The predicted octanol–water partition coefficient (Wildman–Crippen LogP) is 3.03. The lowest BCUT2D eigenvalue weighted by atomic mass is 9.93. The molecular formula is C15H18F4N2. The molecule has 0 spiro atoms. The molecule has 2 heterocycles. The molecule has 2 unspecified atom stereocenters. The minimum absolute atomic E-state index is 0.160. The van der Waals surface area contributed by atoms with E-state index >= 15 is 0 Å². The summed E-state index contributed by atoms with van der Waals surface area (Å²) in [4.78, 5) is 2.05. The van der Waals surface area contributed by atoms with Crippen LogP contribution in [0.2, 0.25) is 0 Å². The van der Waals surface area contributed by atoms with Crippen LogP contribution in [0.4, 0.5) is 17.6 Å². The molecule has 0 aromatic heterocycles. The van der Waals surface area contributed by atoms with Gasteiger partial charge in [0.25, 0.3) is 0 Å². The third-order valence-corrected chi connectivity index (χ3v) is 4.51. The maximum absolute atomic E-state index is 13.1. The zero-order valence-corrected chi connectivity index (χ0v) is 11.6. The monoisotopic (exact) mass is 302 g/mol. The molecule has 0 radical (unpaired) electrons. The topological polar surface area (TPSA) is 15.3 Å². The zero-order valence-electron chi connectivity index (χ0n) is 11.6. The molecule has 1 N–H and O–H groups in total. The first-order chi connectivity index (χ1) is 9.93. The second-order valence-corrected chi connectivity index (χ2v) is 5.93. The van der Waals surface area contributed by atoms with Gasteiger partial charge in [-0.15, -0.1) is 0 Å². The fourth-order valence-electron chi connectivity index (χ4n) is 3.46. The van der Waals surface area contributed by atoms with Crippen molar-refractivity contribution >= 4 is 0 Å². The lowest BCUT2D eigenvalue weighted by Gasteiger charge is -2.35. The van der Waals surface area contributed by atoms with E-state index in [4.69, 9.17) is 0 Å². The second kappa shape index (κ2) is 5.57. The van der Waals surface area contributed by atoms with Crippen LogP contribution >= 0.6 is 0 Å². The molecule has 0 saturated carbocycles. The number of likely N-dealkylation sites (tertiary alicyclic amines) is 1. The summed E-state index contributed by atoms with van der Waals surface area (Å²) in [6, 6.07) is 3.47. The van der Waals surface area contributed by atoms with Gasteiger partial charge in [-0.2, -0.15) is 13.2 Å². The van der Waals surface area contributed by atoms with Gasteiger partial charge < -0.3 is 5.32 Å². The maximum atomic E-state index is 13.1. The SMILES string of the molecule is Fc1ccc(CN2CCC3NCCC3C2)c(C(F)(F)F)c1. The lowest BCUT2D eigenvalue weighted by molar-refractivity contribution is -0.138. The van der Waals surface area contributed by atoms with E-state index in [0.29, 0.717) is 18.0 Å². The van der Waals surface area contributed by atoms with Gasteiger partial charge in [0.05, 0.1) is 5.56 Å². The minimum atomic E-state index is -4.51. The summed E-state index contributed by atoms with van der Waals surface area (Å²) < 4.78 is 52.1. The summed E-state index contributed by atoms with van der Waals surface area (Å²) in [5.74, 6) is -0.321. The van der Waals surface area contributed by atoms with Gasteiger partial charge in [-0.1, -0.05) is 6.07 Å². The van der Waals surface area contributed by atoms with E-state index in [-0.39, 0.29) is 12.1 Å². The second-order valence-electron chi connectivity index (χ2n) is 5.93. The average Bonchev–Trinajstić information content (AvgIpc) is 2.87. The largest absolute Gasteiger partial charge is 0.416 e. The van der Waals surface area contributed by atoms with Gasteiger partial charge >= 0.3 is 6.18 Å². The van der Waals surface area contributed by atoms with Crippen LogP contribution in [0.1, 0.15) is 24.0 Å². The Kier molecular flexibility index (Phi) is 3.92. The standard InChI is InChI=1S/C15H18F4N2/c16-12-2-1-10(13(7-12)15(17,18)19)8-21-6-4-14-11(9-21)3-5-20-14/h1-2,7,11,14,20H,3-6,8-9H2. The van der Waals surface area contributed by atoms with Gasteiger partial charge in [0.15, 0.2) is 0 Å². The van der Waals surface area contributed by atoms with Crippen molar-refractivity contribution in [2.24, 2.45) is 5.92 Å². The van der Waals surface area contributed by atoms with Crippen molar-refractivity contribution in [2.75, 3.05) is 19.6 Å². The Balaban J connectivity index is 1.76. The van der Waals surface area contributed by atoms with Crippen molar-refractivity contribution in [3.05, 3.63) is 35.1 Å². The number of hydrogen-bond acceptors (Lipinski definition) is 2. The predicted molar refractivity (Wildman–Crippen MR) is 71.2 cm³/mol.